The lowest BCUT2D eigenvalue weighted by molar-refractivity contribution is -0.150. The number of nitrogens with one attached hydrogen (secondary N) is 1. The summed E-state index contributed by atoms with van der Waals surface area (Å²) in [6.07, 6.45) is 61.2. The van der Waals surface area contributed by atoms with Crippen LogP contribution in [0.3, 0.4) is 0 Å². The number of unbranched alkanes of at least 4 members (excludes halogenated alkanes) is 22. The summed E-state index contributed by atoms with van der Waals surface area (Å²) in [5.74, 6) is -0.587. The molecule has 0 rings (SSSR count). The summed E-state index contributed by atoms with van der Waals surface area (Å²) >= 11 is 0. The Labute approximate surface area is 377 Å². The Balaban J connectivity index is 4.73. The van der Waals surface area contributed by atoms with E-state index in [9.17, 15) is 19.8 Å². The van der Waals surface area contributed by atoms with Crippen LogP contribution < -0.4 is 5.32 Å². The van der Waals surface area contributed by atoms with Crippen LogP contribution in [0.2, 0.25) is 0 Å². The first-order valence-corrected chi connectivity index (χ1v) is 25.7. The van der Waals surface area contributed by atoms with Crippen molar-refractivity contribution in [1.82, 2.24) is 5.32 Å². The fraction of sp³-hybridized carbons (Fsp3) is 0.745. The number of esters is 1. The minimum Gasteiger partial charge on any atom is -0.461 e. The molecule has 0 saturated carbocycles. The van der Waals surface area contributed by atoms with E-state index in [0.29, 0.717) is 19.3 Å². The van der Waals surface area contributed by atoms with Gasteiger partial charge in [-0.3, -0.25) is 9.59 Å². The van der Waals surface area contributed by atoms with Crippen molar-refractivity contribution in [2.45, 2.75) is 257 Å². The molecule has 0 saturated heterocycles. The van der Waals surface area contributed by atoms with Crippen LogP contribution >= 0.6 is 0 Å². The quantitative estimate of drug-likeness (QED) is 0.0322. The van der Waals surface area contributed by atoms with E-state index in [1.807, 2.05) is 6.08 Å². The van der Waals surface area contributed by atoms with Crippen LogP contribution in [0.15, 0.2) is 72.9 Å². The fourth-order valence-corrected chi connectivity index (χ4v) is 7.39. The first-order valence-electron chi connectivity index (χ1n) is 25.7. The predicted molar refractivity (Wildman–Crippen MR) is 264 cm³/mol. The minimum absolute atomic E-state index is 0.00362. The van der Waals surface area contributed by atoms with Crippen LogP contribution in [0.5, 0.6) is 0 Å². The summed E-state index contributed by atoms with van der Waals surface area (Å²) in [6, 6.07) is -0.734. The molecule has 6 nitrogen and oxygen atoms in total. The number of aliphatic hydroxyl groups is 2. The van der Waals surface area contributed by atoms with E-state index >= 15 is 0 Å². The molecule has 0 aliphatic heterocycles. The van der Waals surface area contributed by atoms with Crippen LogP contribution in [0.4, 0.5) is 0 Å². The van der Waals surface area contributed by atoms with Crippen molar-refractivity contribution in [3.05, 3.63) is 72.9 Å². The van der Waals surface area contributed by atoms with E-state index in [4.69, 9.17) is 4.74 Å². The summed E-state index contributed by atoms with van der Waals surface area (Å²) in [7, 11) is 0. The standard InChI is InChI=1S/C55H97NO5/c1-4-7-10-13-16-19-22-25-27-29-31-34-37-40-43-46-51(61-55(60)48-45-42-39-36-33-30-26-23-20-17-14-11-8-5-2)49-54(59)56-52(50-57)53(58)47-44-41-38-35-32-28-24-21-18-15-12-9-6-3/h8,11,16-17,19-20,25,27,31,34,40,43,51-53,57-58H,4-7,9-10,12-15,18,21-24,26,28-30,32-33,35-39,41-42,44-50H2,1-3H3,(H,56,59)/b11-8+,19-16-,20-17+,27-25-,34-31-,43-40-. The highest BCUT2D eigenvalue weighted by Crippen LogP contribution is 2.16. The molecule has 6 heteroatoms. The molecule has 0 radical (unpaired) electrons. The molecule has 1 amide bonds. The maximum Gasteiger partial charge on any atom is 0.306 e. The Morgan fingerprint density at radius 1 is 0.508 bits per heavy atom. The van der Waals surface area contributed by atoms with E-state index in [1.165, 1.54) is 116 Å². The average Bonchev–Trinajstić information content (AvgIpc) is 3.25. The maximum absolute atomic E-state index is 13.2. The highest BCUT2D eigenvalue weighted by Gasteiger charge is 2.23. The smallest absolute Gasteiger partial charge is 0.306 e. The third-order valence-corrected chi connectivity index (χ3v) is 11.3. The van der Waals surface area contributed by atoms with Crippen molar-refractivity contribution in [2.24, 2.45) is 0 Å². The fourth-order valence-electron chi connectivity index (χ4n) is 7.39. The van der Waals surface area contributed by atoms with Gasteiger partial charge in [0.2, 0.25) is 5.91 Å². The molecule has 0 aromatic rings. The Hall–Kier alpha value is -2.70. The van der Waals surface area contributed by atoms with Gasteiger partial charge in [0.25, 0.3) is 0 Å². The Bertz CT molecular complexity index is 1140. The van der Waals surface area contributed by atoms with Gasteiger partial charge in [-0.05, 0) is 70.6 Å². The Morgan fingerprint density at radius 2 is 0.918 bits per heavy atom. The number of amides is 1. The molecule has 0 heterocycles. The lowest BCUT2D eigenvalue weighted by atomic mass is 10.0. The van der Waals surface area contributed by atoms with E-state index in [1.54, 1.807) is 0 Å². The molecule has 3 N–H and O–H groups in total. The molecule has 0 aromatic carbocycles. The minimum atomic E-state index is -0.814. The number of ether oxygens (including phenoxy) is 1. The van der Waals surface area contributed by atoms with E-state index in [-0.39, 0.29) is 24.9 Å². The molecule has 0 aliphatic carbocycles. The summed E-state index contributed by atoms with van der Waals surface area (Å²) in [5.41, 5.74) is 0. The van der Waals surface area contributed by atoms with E-state index in [0.717, 1.165) is 77.0 Å². The maximum atomic E-state index is 13.2. The van der Waals surface area contributed by atoms with Crippen LogP contribution in [-0.4, -0.2) is 46.9 Å². The number of rotatable bonds is 45. The molecule has 352 valence electrons. The average molecular weight is 852 g/mol. The van der Waals surface area contributed by atoms with Gasteiger partial charge in [0.1, 0.15) is 6.10 Å². The van der Waals surface area contributed by atoms with Crippen LogP contribution in [0, 0.1) is 0 Å². The van der Waals surface area contributed by atoms with Gasteiger partial charge in [-0.2, -0.15) is 0 Å². The van der Waals surface area contributed by atoms with Crippen LogP contribution in [0.1, 0.15) is 239 Å². The van der Waals surface area contributed by atoms with Gasteiger partial charge in [0.15, 0.2) is 0 Å². The molecule has 0 fully saturated rings. The zero-order chi connectivity index (χ0) is 44.5. The van der Waals surface area contributed by atoms with Gasteiger partial charge in [0.05, 0.1) is 25.2 Å². The number of hydrogen-bond donors (Lipinski definition) is 3. The van der Waals surface area contributed by atoms with Crippen molar-refractivity contribution in [3.8, 4) is 0 Å². The normalized spacial score (nSPS) is 13.9. The number of carbonyl (C=O) groups is 2. The van der Waals surface area contributed by atoms with Gasteiger partial charge in [0, 0.05) is 12.8 Å². The van der Waals surface area contributed by atoms with Crippen molar-refractivity contribution in [3.63, 3.8) is 0 Å². The molecule has 0 bridgehead atoms. The second-order valence-corrected chi connectivity index (χ2v) is 17.2. The summed E-state index contributed by atoms with van der Waals surface area (Å²) in [4.78, 5) is 26.1. The monoisotopic (exact) mass is 852 g/mol. The first kappa shape index (κ1) is 58.3. The van der Waals surface area contributed by atoms with Crippen molar-refractivity contribution < 1.29 is 24.5 Å². The van der Waals surface area contributed by atoms with E-state index < -0.39 is 18.2 Å². The lowest BCUT2D eigenvalue weighted by Crippen LogP contribution is -2.46. The van der Waals surface area contributed by atoms with Crippen LogP contribution in [-0.2, 0) is 14.3 Å². The van der Waals surface area contributed by atoms with Crippen LogP contribution in [0.25, 0.3) is 0 Å². The van der Waals surface area contributed by atoms with Gasteiger partial charge in [-0.1, -0.05) is 222 Å². The number of allylic oxidation sites excluding steroid dienone is 11. The van der Waals surface area contributed by atoms with Gasteiger partial charge in [-0.25, -0.2) is 0 Å². The summed E-state index contributed by atoms with van der Waals surface area (Å²) in [5, 5.41) is 23.7. The third-order valence-electron chi connectivity index (χ3n) is 11.3. The number of aliphatic hydroxyl groups excluding tert-OH is 2. The van der Waals surface area contributed by atoms with Crippen molar-refractivity contribution in [2.75, 3.05) is 6.61 Å². The molecule has 3 unspecified atom stereocenters. The summed E-state index contributed by atoms with van der Waals surface area (Å²) in [6.45, 7) is 6.32. The largest absolute Gasteiger partial charge is 0.461 e. The van der Waals surface area contributed by atoms with Gasteiger partial charge in [-0.15, -0.1) is 0 Å². The SMILES string of the molecule is CC/C=C/C/C=C/CCCCCCCCCC(=O)OC(C/C=C\C/C=C\C/C=C\C/C=C\CCCCC)CC(=O)NC(CO)C(O)CCCCCCCCCCCCCCC. The zero-order valence-corrected chi connectivity index (χ0v) is 40.0. The second kappa shape index (κ2) is 48.3. The number of carbonyl (C=O) groups excluding carboxylic acids is 2. The number of hydrogen-bond acceptors (Lipinski definition) is 5. The first-order chi connectivity index (χ1) is 30.0. The molecular weight excluding hydrogens is 755 g/mol. The van der Waals surface area contributed by atoms with Gasteiger partial charge < -0.3 is 20.3 Å². The second-order valence-electron chi connectivity index (χ2n) is 17.2. The Morgan fingerprint density at radius 3 is 1.43 bits per heavy atom. The van der Waals surface area contributed by atoms with Crippen molar-refractivity contribution >= 4 is 11.9 Å². The third kappa shape index (κ3) is 43.7. The molecule has 0 aromatic heterocycles. The zero-order valence-electron chi connectivity index (χ0n) is 40.0. The highest BCUT2D eigenvalue weighted by atomic mass is 16.5. The molecule has 3 atom stereocenters. The molecule has 0 aliphatic rings. The molecular formula is C55H97NO5. The van der Waals surface area contributed by atoms with Gasteiger partial charge >= 0.3 is 5.97 Å². The lowest BCUT2D eigenvalue weighted by Gasteiger charge is -2.24. The predicted octanol–water partition coefficient (Wildman–Crippen LogP) is 15.4. The summed E-state index contributed by atoms with van der Waals surface area (Å²) < 4.78 is 5.86. The highest BCUT2D eigenvalue weighted by molar-refractivity contribution is 5.77. The van der Waals surface area contributed by atoms with E-state index in [2.05, 4.69) is 92.9 Å². The van der Waals surface area contributed by atoms with Crippen molar-refractivity contribution in [1.29, 1.82) is 0 Å². The Kier molecular flexibility index (Phi) is 46.2. The topological polar surface area (TPSA) is 95.9 Å². The molecule has 61 heavy (non-hydrogen) atoms. The molecule has 0 spiro atoms.